The van der Waals surface area contributed by atoms with Crippen molar-refractivity contribution < 1.29 is 13.2 Å². The van der Waals surface area contributed by atoms with Crippen LogP contribution in [0.5, 0.6) is 0 Å². The van der Waals surface area contributed by atoms with Crippen molar-refractivity contribution >= 4 is 21.6 Å². The van der Waals surface area contributed by atoms with Crippen LogP contribution in [-0.2, 0) is 10.0 Å². The molecule has 162 valence electrons. The maximum atomic E-state index is 12.9. The minimum absolute atomic E-state index is 0.0824. The van der Waals surface area contributed by atoms with Crippen LogP contribution in [0.25, 0.3) is 0 Å². The van der Waals surface area contributed by atoms with Crippen LogP contribution in [0.15, 0.2) is 65.6 Å². The third-order valence-electron chi connectivity index (χ3n) is 5.46. The molecule has 0 aliphatic heterocycles. The van der Waals surface area contributed by atoms with Gasteiger partial charge < -0.3 is 5.32 Å². The standard InChI is InChI=1S/C25H28N2O3S/c1-16-11-12-21(15-24(16)31(29,30)27-22-9-7-6-8-10-22)25(28)26-20(5)23-14-18(3)17(2)13-19(23)4/h6-15,20,27H,1-5H3,(H,26,28)/t20-/m0/s1. The van der Waals surface area contributed by atoms with Crippen molar-refractivity contribution in [1.82, 2.24) is 5.32 Å². The Balaban J connectivity index is 1.85. The van der Waals surface area contributed by atoms with Crippen LogP contribution in [-0.4, -0.2) is 14.3 Å². The number of sulfonamides is 1. The Bertz CT molecular complexity index is 1220. The molecule has 1 amide bonds. The molecule has 0 radical (unpaired) electrons. The lowest BCUT2D eigenvalue weighted by atomic mass is 9.96. The van der Waals surface area contributed by atoms with Crippen LogP contribution in [0.2, 0.25) is 0 Å². The van der Waals surface area contributed by atoms with E-state index in [1.165, 1.54) is 11.6 Å². The van der Waals surface area contributed by atoms with Gasteiger partial charge in [-0.25, -0.2) is 8.42 Å². The van der Waals surface area contributed by atoms with Gasteiger partial charge in [-0.1, -0.05) is 36.4 Å². The van der Waals surface area contributed by atoms with Gasteiger partial charge in [0.1, 0.15) is 0 Å². The average molecular weight is 437 g/mol. The van der Waals surface area contributed by atoms with Gasteiger partial charge in [-0.15, -0.1) is 0 Å². The third kappa shape index (κ3) is 5.14. The van der Waals surface area contributed by atoms with Gasteiger partial charge in [-0.3, -0.25) is 9.52 Å². The highest BCUT2D eigenvalue weighted by molar-refractivity contribution is 7.92. The molecule has 0 unspecified atom stereocenters. The summed E-state index contributed by atoms with van der Waals surface area (Å²) in [6, 6.07) is 17.4. The molecule has 0 aromatic heterocycles. The largest absolute Gasteiger partial charge is 0.346 e. The van der Waals surface area contributed by atoms with Crippen molar-refractivity contribution in [2.45, 2.75) is 45.6 Å². The van der Waals surface area contributed by atoms with Gasteiger partial charge in [-0.2, -0.15) is 0 Å². The van der Waals surface area contributed by atoms with E-state index < -0.39 is 10.0 Å². The molecule has 3 aromatic carbocycles. The maximum absolute atomic E-state index is 12.9. The molecule has 0 heterocycles. The number of carbonyl (C=O) groups excluding carboxylic acids is 1. The number of para-hydroxylation sites is 1. The molecular formula is C25H28N2O3S. The predicted octanol–water partition coefficient (Wildman–Crippen LogP) is 5.21. The van der Waals surface area contributed by atoms with Crippen molar-refractivity contribution in [3.05, 3.63) is 94.0 Å². The lowest BCUT2D eigenvalue weighted by Crippen LogP contribution is -2.27. The molecule has 3 rings (SSSR count). The fraction of sp³-hybridized carbons (Fsp3) is 0.240. The summed E-state index contributed by atoms with van der Waals surface area (Å²) >= 11 is 0. The highest BCUT2D eigenvalue weighted by Crippen LogP contribution is 2.24. The van der Waals surface area contributed by atoms with Gasteiger partial charge in [0.15, 0.2) is 0 Å². The number of hydrogen-bond donors (Lipinski definition) is 2. The van der Waals surface area contributed by atoms with Gasteiger partial charge in [-0.05, 0) is 86.7 Å². The van der Waals surface area contributed by atoms with Gasteiger partial charge in [0.25, 0.3) is 15.9 Å². The molecule has 0 saturated heterocycles. The van der Waals surface area contributed by atoms with Gasteiger partial charge in [0.2, 0.25) is 0 Å². The van der Waals surface area contributed by atoms with Crippen molar-refractivity contribution in [3.8, 4) is 0 Å². The van der Waals surface area contributed by atoms with E-state index in [1.54, 1.807) is 43.3 Å². The number of benzene rings is 3. The molecule has 5 nitrogen and oxygen atoms in total. The van der Waals surface area contributed by atoms with Crippen LogP contribution >= 0.6 is 0 Å². The predicted molar refractivity (Wildman–Crippen MR) is 125 cm³/mol. The Morgan fingerprint density at radius 3 is 2.13 bits per heavy atom. The average Bonchev–Trinajstić information content (AvgIpc) is 2.71. The van der Waals surface area contributed by atoms with Crippen molar-refractivity contribution in [2.75, 3.05) is 4.72 Å². The molecule has 1 atom stereocenters. The van der Waals surface area contributed by atoms with Crippen molar-refractivity contribution in [2.24, 2.45) is 0 Å². The summed E-state index contributed by atoms with van der Waals surface area (Å²) in [6.45, 7) is 9.77. The summed E-state index contributed by atoms with van der Waals surface area (Å²) in [7, 11) is -3.83. The van der Waals surface area contributed by atoms with E-state index in [1.807, 2.05) is 26.8 Å². The molecule has 0 saturated carbocycles. The molecule has 0 fully saturated rings. The number of anilines is 1. The summed E-state index contributed by atoms with van der Waals surface area (Å²) in [4.78, 5) is 13.0. The maximum Gasteiger partial charge on any atom is 0.262 e. The first kappa shape index (κ1) is 22.6. The van der Waals surface area contributed by atoms with Gasteiger partial charge in [0.05, 0.1) is 10.9 Å². The number of carbonyl (C=O) groups is 1. The SMILES string of the molecule is Cc1cc(C)c([C@H](C)NC(=O)c2ccc(C)c(S(=O)(=O)Nc3ccccc3)c2)cc1C. The smallest absolute Gasteiger partial charge is 0.262 e. The molecule has 3 aromatic rings. The topological polar surface area (TPSA) is 75.3 Å². The summed E-state index contributed by atoms with van der Waals surface area (Å²) < 4.78 is 28.4. The molecular weight excluding hydrogens is 408 g/mol. The van der Waals surface area contributed by atoms with E-state index in [2.05, 4.69) is 29.1 Å². The molecule has 31 heavy (non-hydrogen) atoms. The molecule has 0 aliphatic rings. The summed E-state index contributed by atoms with van der Waals surface area (Å²) in [5, 5.41) is 2.99. The number of aryl methyl sites for hydroxylation is 4. The lowest BCUT2D eigenvalue weighted by molar-refractivity contribution is 0.0939. The first-order valence-corrected chi connectivity index (χ1v) is 11.6. The molecule has 6 heteroatoms. The third-order valence-corrected chi connectivity index (χ3v) is 6.99. The molecule has 0 aliphatic carbocycles. The van der Waals surface area contributed by atoms with Gasteiger partial charge in [0, 0.05) is 11.3 Å². The lowest BCUT2D eigenvalue weighted by Gasteiger charge is -2.19. The molecule has 0 bridgehead atoms. The molecule has 0 spiro atoms. The summed E-state index contributed by atoms with van der Waals surface area (Å²) in [5.74, 6) is -0.318. The zero-order valence-corrected chi connectivity index (χ0v) is 19.3. The van der Waals surface area contributed by atoms with E-state index >= 15 is 0 Å². The van der Waals surface area contributed by atoms with E-state index in [-0.39, 0.29) is 16.8 Å². The first-order valence-electron chi connectivity index (χ1n) is 10.2. The van der Waals surface area contributed by atoms with Crippen molar-refractivity contribution in [1.29, 1.82) is 0 Å². The number of nitrogens with one attached hydrogen (secondary N) is 2. The fourth-order valence-electron chi connectivity index (χ4n) is 3.55. The van der Waals surface area contributed by atoms with Crippen LogP contribution in [0.1, 0.15) is 51.1 Å². The van der Waals surface area contributed by atoms with Crippen LogP contribution in [0.3, 0.4) is 0 Å². The Hall–Kier alpha value is -3.12. The zero-order valence-electron chi connectivity index (χ0n) is 18.5. The summed E-state index contributed by atoms with van der Waals surface area (Å²) in [5.41, 5.74) is 5.86. The van der Waals surface area contributed by atoms with Crippen LogP contribution in [0, 0.1) is 27.7 Å². The second-order valence-electron chi connectivity index (χ2n) is 7.94. The Morgan fingerprint density at radius 1 is 0.806 bits per heavy atom. The fourth-order valence-corrected chi connectivity index (χ4v) is 4.88. The van der Waals surface area contributed by atoms with Gasteiger partial charge >= 0.3 is 0 Å². The normalized spacial score (nSPS) is 12.3. The zero-order chi connectivity index (χ0) is 22.8. The Morgan fingerprint density at radius 2 is 1.45 bits per heavy atom. The minimum atomic E-state index is -3.83. The monoisotopic (exact) mass is 436 g/mol. The Kier molecular flexibility index (Phi) is 6.51. The van der Waals surface area contributed by atoms with Crippen LogP contribution in [0.4, 0.5) is 5.69 Å². The quantitative estimate of drug-likeness (QED) is 0.557. The summed E-state index contributed by atoms with van der Waals surface area (Å²) in [6.07, 6.45) is 0. The van der Waals surface area contributed by atoms with Crippen LogP contribution < -0.4 is 10.0 Å². The first-order chi connectivity index (χ1) is 14.6. The second-order valence-corrected chi connectivity index (χ2v) is 9.59. The van der Waals surface area contributed by atoms with E-state index in [9.17, 15) is 13.2 Å². The number of rotatable bonds is 6. The van der Waals surface area contributed by atoms with E-state index in [0.29, 0.717) is 16.8 Å². The molecule has 2 N–H and O–H groups in total. The van der Waals surface area contributed by atoms with Crippen molar-refractivity contribution in [3.63, 3.8) is 0 Å². The highest BCUT2D eigenvalue weighted by atomic mass is 32.2. The number of hydrogen-bond acceptors (Lipinski definition) is 3. The van der Waals surface area contributed by atoms with E-state index in [4.69, 9.17) is 0 Å². The Labute approximate surface area is 184 Å². The highest BCUT2D eigenvalue weighted by Gasteiger charge is 2.20. The minimum Gasteiger partial charge on any atom is -0.346 e. The van der Waals surface area contributed by atoms with E-state index in [0.717, 1.165) is 16.7 Å². The second kappa shape index (κ2) is 8.94. The number of amides is 1.